The van der Waals surface area contributed by atoms with E-state index < -0.39 is 0 Å². The molecule has 4 aromatic heterocycles. The minimum atomic E-state index is -0.360. The van der Waals surface area contributed by atoms with E-state index in [4.69, 9.17) is 16.3 Å². The van der Waals surface area contributed by atoms with E-state index in [9.17, 15) is 9.59 Å². The Bertz CT molecular complexity index is 1530. The number of thiazole rings is 1. The number of rotatable bonds is 5. The first-order valence-corrected chi connectivity index (χ1v) is 12.6. The van der Waals surface area contributed by atoms with Crippen LogP contribution in [0, 0.1) is 20.8 Å². The van der Waals surface area contributed by atoms with Crippen molar-refractivity contribution in [3.8, 4) is 16.9 Å². The topological polar surface area (TPSA) is 110 Å². The summed E-state index contributed by atoms with van der Waals surface area (Å²) in [6.07, 6.45) is 4.75. The van der Waals surface area contributed by atoms with E-state index >= 15 is 0 Å². The molecule has 4 aromatic rings. The first kappa shape index (κ1) is 24.8. The Kier molecular flexibility index (Phi) is 6.61. The van der Waals surface area contributed by atoms with Crippen molar-refractivity contribution < 1.29 is 14.3 Å². The zero-order valence-electron chi connectivity index (χ0n) is 20.6. The van der Waals surface area contributed by atoms with Gasteiger partial charge >= 0.3 is 0 Å². The minimum Gasteiger partial charge on any atom is -0.494 e. The molecule has 0 bridgehead atoms. The number of ether oxygens (including phenoxy) is 1. The lowest BCUT2D eigenvalue weighted by molar-refractivity contribution is 0.0749. The SMILES string of the molecule is COc1cnc(Cl)cc1-c1cc(C)ncc1C(=O)Nc1nc2c(s1)CN(C(=O)c1cc(C)ncc1C)C2. The molecule has 0 aliphatic carbocycles. The van der Waals surface area contributed by atoms with Crippen molar-refractivity contribution >= 4 is 39.9 Å². The number of pyridine rings is 3. The lowest BCUT2D eigenvalue weighted by Gasteiger charge is -2.17. The number of aromatic nitrogens is 4. The third-order valence-corrected chi connectivity index (χ3v) is 7.27. The summed E-state index contributed by atoms with van der Waals surface area (Å²) in [6, 6.07) is 5.26. The summed E-state index contributed by atoms with van der Waals surface area (Å²) in [5, 5.41) is 3.63. The van der Waals surface area contributed by atoms with Gasteiger partial charge in [0, 0.05) is 40.5 Å². The maximum Gasteiger partial charge on any atom is 0.259 e. The highest BCUT2D eigenvalue weighted by Crippen LogP contribution is 2.35. The van der Waals surface area contributed by atoms with Crippen molar-refractivity contribution in [3.05, 3.63) is 80.6 Å². The summed E-state index contributed by atoms with van der Waals surface area (Å²) in [4.78, 5) is 46.3. The molecule has 5 rings (SSSR count). The van der Waals surface area contributed by atoms with E-state index in [0.717, 1.165) is 27.5 Å². The number of nitrogens with zero attached hydrogens (tertiary/aromatic N) is 5. The van der Waals surface area contributed by atoms with Crippen molar-refractivity contribution in [1.82, 2.24) is 24.8 Å². The molecule has 188 valence electrons. The van der Waals surface area contributed by atoms with Crippen molar-refractivity contribution in [2.24, 2.45) is 0 Å². The van der Waals surface area contributed by atoms with Crippen LogP contribution >= 0.6 is 22.9 Å². The number of halogens is 1. The van der Waals surface area contributed by atoms with E-state index in [1.165, 1.54) is 30.8 Å². The molecular formula is C26H23ClN6O3S. The molecule has 0 aromatic carbocycles. The van der Waals surface area contributed by atoms with Gasteiger partial charge in [0.05, 0.1) is 42.5 Å². The average Bonchev–Trinajstić information content (AvgIpc) is 3.43. The predicted octanol–water partition coefficient (Wildman–Crippen LogP) is 4.99. The lowest BCUT2D eigenvalue weighted by atomic mass is 10.0. The molecule has 5 heterocycles. The van der Waals surface area contributed by atoms with Crippen LogP contribution in [0.25, 0.3) is 11.1 Å². The number of nitrogens with one attached hydrogen (secondary N) is 1. The number of carbonyl (C=O) groups excluding carboxylic acids is 2. The smallest absolute Gasteiger partial charge is 0.259 e. The zero-order valence-corrected chi connectivity index (χ0v) is 22.2. The second kappa shape index (κ2) is 9.87. The quantitative estimate of drug-likeness (QED) is 0.359. The van der Waals surface area contributed by atoms with Gasteiger partial charge in [0.25, 0.3) is 11.8 Å². The molecule has 0 saturated carbocycles. The van der Waals surface area contributed by atoms with Crippen LogP contribution in [0.4, 0.5) is 5.13 Å². The fourth-order valence-corrected chi connectivity index (χ4v) is 5.32. The number of hydrogen-bond donors (Lipinski definition) is 1. The molecule has 1 aliphatic heterocycles. The third-order valence-electron chi connectivity index (χ3n) is 6.06. The van der Waals surface area contributed by atoms with Crippen LogP contribution in [-0.4, -0.2) is 43.8 Å². The van der Waals surface area contributed by atoms with Gasteiger partial charge in [0.1, 0.15) is 10.9 Å². The Hall–Kier alpha value is -3.89. The predicted molar refractivity (Wildman–Crippen MR) is 141 cm³/mol. The molecule has 0 spiro atoms. The zero-order chi connectivity index (χ0) is 26.3. The van der Waals surface area contributed by atoms with Crippen molar-refractivity contribution in [2.75, 3.05) is 12.4 Å². The van der Waals surface area contributed by atoms with Crippen molar-refractivity contribution in [3.63, 3.8) is 0 Å². The van der Waals surface area contributed by atoms with Crippen LogP contribution in [0.2, 0.25) is 5.15 Å². The Morgan fingerprint density at radius 1 is 0.973 bits per heavy atom. The molecule has 0 atom stereocenters. The second-order valence-corrected chi connectivity index (χ2v) is 10.2. The van der Waals surface area contributed by atoms with Gasteiger partial charge in [-0.2, -0.15) is 0 Å². The Morgan fingerprint density at radius 3 is 2.49 bits per heavy atom. The van der Waals surface area contributed by atoms with Gasteiger partial charge in [-0.05, 0) is 44.5 Å². The maximum atomic E-state index is 13.3. The molecule has 0 radical (unpaired) electrons. The molecule has 0 fully saturated rings. The summed E-state index contributed by atoms with van der Waals surface area (Å²) in [5.74, 6) is 0.0708. The molecule has 2 amide bonds. The largest absolute Gasteiger partial charge is 0.494 e. The van der Waals surface area contributed by atoms with Gasteiger partial charge in [0.2, 0.25) is 0 Å². The molecule has 11 heteroatoms. The molecule has 0 saturated heterocycles. The van der Waals surface area contributed by atoms with Crippen LogP contribution < -0.4 is 10.1 Å². The number of anilines is 1. The molecule has 37 heavy (non-hydrogen) atoms. The van der Waals surface area contributed by atoms with E-state index in [2.05, 4.69) is 25.3 Å². The number of carbonyl (C=O) groups is 2. The van der Waals surface area contributed by atoms with E-state index in [0.29, 0.717) is 46.2 Å². The first-order valence-electron chi connectivity index (χ1n) is 11.4. The van der Waals surface area contributed by atoms with Gasteiger partial charge in [-0.15, -0.1) is 0 Å². The van der Waals surface area contributed by atoms with Crippen LogP contribution in [-0.2, 0) is 13.1 Å². The van der Waals surface area contributed by atoms with E-state index in [1.807, 2.05) is 20.8 Å². The molecule has 1 N–H and O–H groups in total. The molecule has 1 aliphatic rings. The summed E-state index contributed by atoms with van der Waals surface area (Å²) < 4.78 is 5.44. The van der Waals surface area contributed by atoms with Gasteiger partial charge in [-0.1, -0.05) is 22.9 Å². The normalized spacial score (nSPS) is 12.4. The summed E-state index contributed by atoms with van der Waals surface area (Å²) >= 11 is 7.49. The fraction of sp³-hybridized carbons (Fsp3) is 0.231. The first-order chi connectivity index (χ1) is 17.7. The van der Waals surface area contributed by atoms with Gasteiger partial charge in [-0.25, -0.2) is 9.97 Å². The van der Waals surface area contributed by atoms with Crippen LogP contribution in [0.15, 0.2) is 36.8 Å². The van der Waals surface area contributed by atoms with Crippen LogP contribution in [0.5, 0.6) is 5.75 Å². The fourth-order valence-electron chi connectivity index (χ4n) is 4.18. The highest BCUT2D eigenvalue weighted by atomic mass is 35.5. The number of aryl methyl sites for hydroxylation is 3. The van der Waals surface area contributed by atoms with E-state index in [-0.39, 0.29) is 17.0 Å². The highest BCUT2D eigenvalue weighted by Gasteiger charge is 2.29. The standard InChI is InChI=1S/C26H23ClN6O3S/c1-13-8-28-14(2)5-16(13)25(35)33-11-20-22(12-33)37-26(31-20)32-24(34)19-9-29-15(3)6-17(19)18-7-23(27)30-10-21(18)36-4/h5-10H,11-12H2,1-4H3,(H,31,32,34). The maximum absolute atomic E-state index is 13.3. The number of hydrogen-bond acceptors (Lipinski definition) is 8. The number of fused-ring (bicyclic) bond motifs is 1. The Morgan fingerprint density at radius 2 is 1.73 bits per heavy atom. The average molecular weight is 535 g/mol. The Labute approximate surface area is 222 Å². The van der Waals surface area contributed by atoms with Gasteiger partial charge in [-0.3, -0.25) is 24.9 Å². The van der Waals surface area contributed by atoms with Crippen LogP contribution in [0.3, 0.4) is 0 Å². The summed E-state index contributed by atoms with van der Waals surface area (Å²) in [6.45, 7) is 6.40. The van der Waals surface area contributed by atoms with Crippen molar-refractivity contribution in [1.29, 1.82) is 0 Å². The van der Waals surface area contributed by atoms with Gasteiger partial charge < -0.3 is 9.64 Å². The van der Waals surface area contributed by atoms with Crippen molar-refractivity contribution in [2.45, 2.75) is 33.9 Å². The summed E-state index contributed by atoms with van der Waals surface area (Å²) in [7, 11) is 1.53. The number of amides is 2. The number of methoxy groups -OCH3 is 1. The monoisotopic (exact) mass is 534 g/mol. The lowest BCUT2D eigenvalue weighted by Crippen LogP contribution is -2.26. The highest BCUT2D eigenvalue weighted by molar-refractivity contribution is 7.16. The van der Waals surface area contributed by atoms with Crippen LogP contribution in [0.1, 0.15) is 48.2 Å². The molecular weight excluding hydrogens is 512 g/mol. The molecule has 9 nitrogen and oxygen atoms in total. The Balaban J connectivity index is 1.36. The third kappa shape index (κ3) is 4.90. The van der Waals surface area contributed by atoms with E-state index in [1.54, 1.807) is 29.3 Å². The summed E-state index contributed by atoms with van der Waals surface area (Å²) in [5.41, 5.74) is 5.39. The van der Waals surface area contributed by atoms with Gasteiger partial charge in [0.15, 0.2) is 5.13 Å². The second-order valence-electron chi connectivity index (χ2n) is 8.72. The minimum absolute atomic E-state index is 0.0564. The molecule has 0 unspecified atom stereocenters.